The molecule has 0 spiro atoms. The molecule has 0 aliphatic heterocycles. The van der Waals surface area contributed by atoms with Gasteiger partial charge in [0.05, 0.1) is 16.3 Å². The second-order valence-electron chi connectivity index (χ2n) is 4.63. The lowest BCUT2D eigenvalue weighted by atomic mass is 10.1. The zero-order chi connectivity index (χ0) is 13.9. The van der Waals surface area contributed by atoms with Crippen LogP contribution >= 0.6 is 22.7 Å². The Morgan fingerprint density at radius 1 is 1.35 bits per heavy atom. The van der Waals surface area contributed by atoms with Crippen molar-refractivity contribution >= 4 is 38.0 Å². The highest BCUT2D eigenvalue weighted by atomic mass is 32.1. The molecule has 20 heavy (non-hydrogen) atoms. The first-order chi connectivity index (χ1) is 9.76. The summed E-state index contributed by atoms with van der Waals surface area (Å²) >= 11 is 3.26. The van der Waals surface area contributed by atoms with Gasteiger partial charge in [0.25, 0.3) is 0 Å². The second-order valence-corrected chi connectivity index (χ2v) is 6.64. The van der Waals surface area contributed by atoms with Gasteiger partial charge < -0.3 is 5.32 Å². The molecule has 2 aromatic heterocycles. The van der Waals surface area contributed by atoms with Gasteiger partial charge >= 0.3 is 0 Å². The van der Waals surface area contributed by atoms with Gasteiger partial charge in [-0.05, 0) is 36.1 Å². The van der Waals surface area contributed by atoms with Crippen molar-refractivity contribution in [3.8, 4) is 0 Å². The molecule has 0 amide bonds. The molecule has 5 heteroatoms. The summed E-state index contributed by atoms with van der Waals surface area (Å²) in [6, 6.07) is 9.22. The topological polar surface area (TPSA) is 24.9 Å². The van der Waals surface area contributed by atoms with Gasteiger partial charge in [0.1, 0.15) is 5.82 Å². The molecule has 1 unspecified atom stereocenters. The molecule has 3 rings (SSSR count). The van der Waals surface area contributed by atoms with Gasteiger partial charge in [-0.1, -0.05) is 30.7 Å². The third-order valence-electron chi connectivity index (χ3n) is 3.11. The second kappa shape index (κ2) is 5.89. The largest absolute Gasteiger partial charge is 0.354 e. The first-order valence-electron chi connectivity index (χ1n) is 6.62. The van der Waals surface area contributed by atoms with Crippen LogP contribution < -0.4 is 5.32 Å². The molecule has 1 atom stereocenters. The van der Waals surface area contributed by atoms with Crippen LogP contribution in [0.3, 0.4) is 0 Å². The van der Waals surface area contributed by atoms with Gasteiger partial charge in [0, 0.05) is 4.88 Å². The lowest BCUT2D eigenvalue weighted by Gasteiger charge is -2.15. The molecule has 0 aliphatic carbocycles. The number of nitrogens with zero attached hydrogens (tertiary/aromatic N) is 1. The molecule has 0 fully saturated rings. The Labute approximate surface area is 125 Å². The van der Waals surface area contributed by atoms with E-state index in [0.29, 0.717) is 0 Å². The van der Waals surface area contributed by atoms with Crippen molar-refractivity contribution in [1.29, 1.82) is 0 Å². The lowest BCUT2D eigenvalue weighted by Crippen LogP contribution is -2.08. The monoisotopic (exact) mass is 306 g/mol. The fraction of sp³-hybridized carbons (Fsp3) is 0.267. The van der Waals surface area contributed by atoms with Crippen LogP contribution in [0.1, 0.15) is 30.7 Å². The summed E-state index contributed by atoms with van der Waals surface area (Å²) < 4.78 is 14.1. The smallest absolute Gasteiger partial charge is 0.184 e. The van der Waals surface area contributed by atoms with Crippen LogP contribution in [0.15, 0.2) is 35.7 Å². The van der Waals surface area contributed by atoms with Gasteiger partial charge in [-0.25, -0.2) is 9.37 Å². The minimum absolute atomic E-state index is 0.212. The molecule has 0 saturated heterocycles. The quantitative estimate of drug-likeness (QED) is 0.678. The zero-order valence-electron chi connectivity index (χ0n) is 11.1. The van der Waals surface area contributed by atoms with Gasteiger partial charge in [0.15, 0.2) is 5.13 Å². The third-order valence-corrected chi connectivity index (χ3v) is 5.05. The van der Waals surface area contributed by atoms with E-state index in [4.69, 9.17) is 0 Å². The van der Waals surface area contributed by atoms with Gasteiger partial charge in [-0.3, -0.25) is 0 Å². The molecule has 0 saturated carbocycles. The Bertz CT molecular complexity index is 691. The third kappa shape index (κ3) is 2.83. The van der Waals surface area contributed by atoms with Crippen LogP contribution in [0.5, 0.6) is 0 Å². The van der Waals surface area contributed by atoms with E-state index in [-0.39, 0.29) is 11.9 Å². The summed E-state index contributed by atoms with van der Waals surface area (Å²) in [5, 5.41) is 6.44. The van der Waals surface area contributed by atoms with Crippen LogP contribution in [0.2, 0.25) is 0 Å². The van der Waals surface area contributed by atoms with Crippen molar-refractivity contribution in [2.24, 2.45) is 0 Å². The highest BCUT2D eigenvalue weighted by Crippen LogP contribution is 2.32. The number of anilines is 1. The average Bonchev–Trinajstić information content (AvgIpc) is 3.06. The summed E-state index contributed by atoms with van der Waals surface area (Å²) in [5.41, 5.74) is 0.848. The summed E-state index contributed by atoms with van der Waals surface area (Å²) in [5.74, 6) is -0.212. The maximum Gasteiger partial charge on any atom is 0.184 e. The highest BCUT2D eigenvalue weighted by Gasteiger charge is 2.14. The molecule has 3 aromatic rings. The molecule has 1 N–H and O–H groups in total. The number of nitrogens with one attached hydrogen (secondary N) is 1. The minimum atomic E-state index is -0.212. The van der Waals surface area contributed by atoms with E-state index in [1.54, 1.807) is 17.4 Å². The standard InChI is InChI=1S/C15H15FN2S2/c1-2-4-11(13-5-3-8-19-13)17-15-18-12-7-6-10(16)9-14(12)20-15/h3,5-9,11H,2,4H2,1H3,(H,17,18). The van der Waals surface area contributed by atoms with Crippen LogP contribution in [-0.2, 0) is 0 Å². The average molecular weight is 306 g/mol. The zero-order valence-corrected chi connectivity index (χ0v) is 12.7. The van der Waals surface area contributed by atoms with E-state index in [1.165, 1.54) is 28.3 Å². The van der Waals surface area contributed by atoms with E-state index in [0.717, 1.165) is 28.2 Å². The fourth-order valence-corrected chi connectivity index (χ4v) is 3.93. The van der Waals surface area contributed by atoms with Crippen LogP contribution in [0.25, 0.3) is 10.2 Å². The van der Waals surface area contributed by atoms with E-state index in [2.05, 4.69) is 34.7 Å². The van der Waals surface area contributed by atoms with Crippen molar-refractivity contribution < 1.29 is 4.39 Å². The maximum absolute atomic E-state index is 13.2. The molecule has 2 heterocycles. The molecule has 0 radical (unpaired) electrons. The molecule has 2 nitrogen and oxygen atoms in total. The maximum atomic E-state index is 13.2. The normalized spacial score (nSPS) is 12.7. The van der Waals surface area contributed by atoms with E-state index in [9.17, 15) is 4.39 Å². The van der Waals surface area contributed by atoms with E-state index < -0.39 is 0 Å². The minimum Gasteiger partial charge on any atom is -0.354 e. The first kappa shape index (κ1) is 13.5. The number of halogens is 1. The lowest BCUT2D eigenvalue weighted by molar-refractivity contribution is 0.630. The molecule has 104 valence electrons. The number of rotatable bonds is 5. The number of hydrogen-bond acceptors (Lipinski definition) is 4. The Balaban J connectivity index is 1.86. The number of thiazole rings is 1. The van der Waals surface area contributed by atoms with Crippen LogP contribution in [-0.4, -0.2) is 4.98 Å². The number of fused-ring (bicyclic) bond motifs is 1. The Hall–Kier alpha value is -1.46. The Morgan fingerprint density at radius 3 is 3.00 bits per heavy atom. The molecule has 0 bridgehead atoms. The SMILES string of the molecule is CCCC(Nc1nc2ccc(F)cc2s1)c1cccs1. The fourth-order valence-electron chi connectivity index (χ4n) is 2.17. The number of benzene rings is 1. The Morgan fingerprint density at radius 2 is 2.25 bits per heavy atom. The van der Waals surface area contributed by atoms with Crippen LogP contribution in [0.4, 0.5) is 9.52 Å². The van der Waals surface area contributed by atoms with Crippen LogP contribution in [0, 0.1) is 5.82 Å². The van der Waals surface area contributed by atoms with Crippen molar-refractivity contribution in [1.82, 2.24) is 4.98 Å². The summed E-state index contributed by atoms with van der Waals surface area (Å²) in [4.78, 5) is 5.85. The Kier molecular flexibility index (Phi) is 3.98. The summed E-state index contributed by atoms with van der Waals surface area (Å²) in [6.07, 6.45) is 2.17. The van der Waals surface area contributed by atoms with Crippen molar-refractivity contribution in [2.75, 3.05) is 5.32 Å². The number of thiophene rings is 1. The van der Waals surface area contributed by atoms with Crippen molar-refractivity contribution in [3.05, 3.63) is 46.4 Å². The molecular weight excluding hydrogens is 291 g/mol. The molecule has 0 aliphatic rings. The first-order valence-corrected chi connectivity index (χ1v) is 8.32. The van der Waals surface area contributed by atoms with Crippen molar-refractivity contribution in [2.45, 2.75) is 25.8 Å². The predicted molar refractivity (Wildman–Crippen MR) is 85.2 cm³/mol. The number of hydrogen-bond donors (Lipinski definition) is 1. The van der Waals surface area contributed by atoms with Gasteiger partial charge in [0.2, 0.25) is 0 Å². The summed E-state index contributed by atoms with van der Waals surface area (Å²) in [7, 11) is 0. The van der Waals surface area contributed by atoms with Gasteiger partial charge in [-0.2, -0.15) is 0 Å². The van der Waals surface area contributed by atoms with Gasteiger partial charge in [-0.15, -0.1) is 11.3 Å². The molecule has 1 aromatic carbocycles. The van der Waals surface area contributed by atoms with E-state index >= 15 is 0 Å². The van der Waals surface area contributed by atoms with E-state index in [1.807, 2.05) is 0 Å². The highest BCUT2D eigenvalue weighted by molar-refractivity contribution is 7.22. The number of aromatic nitrogens is 1. The van der Waals surface area contributed by atoms with Crippen molar-refractivity contribution in [3.63, 3.8) is 0 Å². The predicted octanol–water partition coefficient (Wildman–Crippen LogP) is 5.45. The molecular formula is C15H15FN2S2. The summed E-state index contributed by atoms with van der Waals surface area (Å²) in [6.45, 7) is 2.18.